The molecule has 1 aromatic carbocycles. The van der Waals surface area contributed by atoms with Crippen LogP contribution in [0.15, 0.2) is 36.9 Å². The monoisotopic (exact) mass is 369 g/mol. The minimum absolute atomic E-state index is 0.00237. The Morgan fingerprint density at radius 1 is 1.30 bits per heavy atom. The predicted octanol–water partition coefficient (Wildman–Crippen LogP) is 3.86. The number of aromatic nitrogens is 4. The molecule has 0 saturated carbocycles. The van der Waals surface area contributed by atoms with E-state index in [0.29, 0.717) is 28.7 Å². The summed E-state index contributed by atoms with van der Waals surface area (Å²) < 4.78 is 13.8. The zero-order valence-corrected chi connectivity index (χ0v) is 15.0. The van der Waals surface area contributed by atoms with E-state index < -0.39 is 4.92 Å². The zero-order chi connectivity index (χ0) is 19.0. The Morgan fingerprint density at radius 2 is 2.07 bits per heavy atom. The highest BCUT2D eigenvalue weighted by atomic mass is 16.6. The lowest BCUT2D eigenvalue weighted by Gasteiger charge is -2.14. The topological polar surface area (TPSA) is 105 Å². The van der Waals surface area contributed by atoms with Crippen molar-refractivity contribution in [3.8, 4) is 11.6 Å². The van der Waals surface area contributed by atoms with Crippen LogP contribution in [0.4, 0.5) is 5.69 Å². The van der Waals surface area contributed by atoms with Crippen LogP contribution in [0, 0.1) is 16.0 Å². The summed E-state index contributed by atoms with van der Waals surface area (Å²) in [5.41, 5.74) is 1.15. The molecule has 0 bridgehead atoms. The molecule has 3 heterocycles. The molecule has 140 valence electrons. The van der Waals surface area contributed by atoms with E-state index in [0.717, 1.165) is 12.8 Å². The molecule has 9 nitrogen and oxygen atoms in total. The normalized spacial score (nSPS) is 22.2. The molecule has 9 heteroatoms. The lowest BCUT2D eigenvalue weighted by molar-refractivity contribution is -0.384. The maximum atomic E-state index is 10.8. The number of hydrogen-bond donors (Lipinski definition) is 0. The van der Waals surface area contributed by atoms with Gasteiger partial charge in [0.25, 0.3) is 11.6 Å². The van der Waals surface area contributed by atoms with E-state index in [9.17, 15) is 10.1 Å². The zero-order valence-electron chi connectivity index (χ0n) is 15.0. The Hall–Kier alpha value is -3.07. The van der Waals surface area contributed by atoms with Crippen LogP contribution in [-0.4, -0.2) is 30.5 Å². The summed E-state index contributed by atoms with van der Waals surface area (Å²) in [5, 5.41) is 10.8. The van der Waals surface area contributed by atoms with Crippen molar-refractivity contribution in [1.29, 1.82) is 0 Å². The first kappa shape index (κ1) is 17.3. The second-order valence-electron chi connectivity index (χ2n) is 6.61. The van der Waals surface area contributed by atoms with Crippen molar-refractivity contribution in [3.63, 3.8) is 0 Å². The van der Waals surface area contributed by atoms with Crippen LogP contribution in [0.5, 0.6) is 11.6 Å². The second kappa shape index (κ2) is 6.92. The fourth-order valence-electron chi connectivity index (χ4n) is 3.40. The molecule has 1 saturated heterocycles. The fourth-order valence-corrected chi connectivity index (χ4v) is 3.40. The van der Waals surface area contributed by atoms with E-state index >= 15 is 0 Å². The van der Waals surface area contributed by atoms with E-state index in [1.54, 1.807) is 6.33 Å². The number of hydrogen-bond acceptors (Lipinski definition) is 7. The van der Waals surface area contributed by atoms with Crippen molar-refractivity contribution in [3.05, 3.63) is 47.0 Å². The molecule has 0 spiro atoms. The van der Waals surface area contributed by atoms with Gasteiger partial charge in [0, 0.05) is 12.1 Å². The van der Waals surface area contributed by atoms with Gasteiger partial charge in [-0.15, -0.1) is 0 Å². The molecule has 0 radical (unpaired) electrons. The largest absolute Gasteiger partial charge is 0.437 e. The van der Waals surface area contributed by atoms with E-state index in [1.165, 1.54) is 30.6 Å². The number of benzene rings is 1. The number of nitro groups is 1. The van der Waals surface area contributed by atoms with Gasteiger partial charge in [-0.2, -0.15) is 4.98 Å². The van der Waals surface area contributed by atoms with Crippen LogP contribution >= 0.6 is 0 Å². The van der Waals surface area contributed by atoms with Gasteiger partial charge < -0.3 is 9.47 Å². The number of rotatable bonds is 5. The van der Waals surface area contributed by atoms with Crippen molar-refractivity contribution in [2.45, 2.75) is 39.0 Å². The van der Waals surface area contributed by atoms with Gasteiger partial charge in [0.1, 0.15) is 18.3 Å². The number of non-ortho nitro benzene ring substituents is 1. The molecule has 0 unspecified atom stereocenters. The van der Waals surface area contributed by atoms with Gasteiger partial charge in [-0.05, 0) is 30.9 Å². The van der Waals surface area contributed by atoms with Crippen LogP contribution in [0.3, 0.4) is 0 Å². The average Bonchev–Trinajstić information content (AvgIpc) is 3.26. The summed E-state index contributed by atoms with van der Waals surface area (Å²) in [6.07, 6.45) is 5.08. The smallest absolute Gasteiger partial charge is 0.269 e. The highest BCUT2D eigenvalue weighted by Gasteiger charge is 2.33. The Labute approximate surface area is 155 Å². The summed E-state index contributed by atoms with van der Waals surface area (Å²) >= 11 is 0. The molecule has 3 aromatic rings. The van der Waals surface area contributed by atoms with Crippen LogP contribution in [0.2, 0.25) is 0 Å². The third-order valence-corrected chi connectivity index (χ3v) is 4.84. The number of nitro benzene ring substituents is 1. The first-order valence-electron chi connectivity index (χ1n) is 8.82. The predicted molar refractivity (Wildman–Crippen MR) is 96.5 cm³/mol. The van der Waals surface area contributed by atoms with Crippen molar-refractivity contribution in [2.75, 3.05) is 0 Å². The summed E-state index contributed by atoms with van der Waals surface area (Å²) in [5.74, 6) is 1.20. The lowest BCUT2D eigenvalue weighted by Crippen LogP contribution is -2.12. The molecule has 0 N–H and O–H groups in total. The summed E-state index contributed by atoms with van der Waals surface area (Å²) in [6, 6.07) is 5.81. The highest BCUT2D eigenvalue weighted by Crippen LogP contribution is 2.37. The maximum Gasteiger partial charge on any atom is 0.269 e. The second-order valence-corrected chi connectivity index (χ2v) is 6.61. The van der Waals surface area contributed by atoms with Crippen LogP contribution < -0.4 is 4.74 Å². The fraction of sp³-hybridized carbons (Fsp3) is 0.389. The van der Waals surface area contributed by atoms with E-state index in [4.69, 9.17) is 9.47 Å². The average molecular weight is 369 g/mol. The summed E-state index contributed by atoms with van der Waals surface area (Å²) in [4.78, 5) is 23.2. The number of imidazole rings is 1. The van der Waals surface area contributed by atoms with Gasteiger partial charge >= 0.3 is 0 Å². The highest BCUT2D eigenvalue weighted by molar-refractivity contribution is 5.76. The molecule has 1 aliphatic rings. The molecule has 1 aliphatic heterocycles. The van der Waals surface area contributed by atoms with Crippen molar-refractivity contribution in [1.82, 2.24) is 19.5 Å². The Morgan fingerprint density at radius 3 is 2.74 bits per heavy atom. The SMILES string of the molecule is CC[C@H]1O[C@@H](n2cnc3c(Oc4ccc([N+](=O)[O-])cc4)ncnc32)C[C@H]1C. The lowest BCUT2D eigenvalue weighted by atomic mass is 10.0. The van der Waals surface area contributed by atoms with Crippen molar-refractivity contribution < 1.29 is 14.4 Å². The Bertz CT molecular complexity index is 972. The van der Waals surface area contributed by atoms with E-state index in [1.807, 2.05) is 4.57 Å². The number of ether oxygens (including phenoxy) is 2. The van der Waals surface area contributed by atoms with Gasteiger partial charge in [-0.25, -0.2) is 9.97 Å². The van der Waals surface area contributed by atoms with Gasteiger partial charge in [0.15, 0.2) is 11.2 Å². The standard InChI is InChI=1S/C18H19N5O4/c1-3-14-11(2)8-15(27-14)22-10-21-16-17(22)19-9-20-18(16)26-13-6-4-12(5-7-13)23(24)25/h4-7,9-11,14-15H,3,8H2,1-2H3/t11-,14-,15-/m1/s1. The van der Waals surface area contributed by atoms with Gasteiger partial charge in [0.05, 0.1) is 17.4 Å². The third kappa shape index (κ3) is 3.21. The van der Waals surface area contributed by atoms with Crippen molar-refractivity contribution >= 4 is 16.9 Å². The molecule has 27 heavy (non-hydrogen) atoms. The summed E-state index contributed by atoms with van der Waals surface area (Å²) in [7, 11) is 0. The van der Waals surface area contributed by atoms with E-state index in [-0.39, 0.29) is 18.0 Å². The van der Waals surface area contributed by atoms with Gasteiger partial charge in [-0.1, -0.05) is 13.8 Å². The molecular formula is C18H19N5O4. The molecule has 4 rings (SSSR count). The molecule has 1 fully saturated rings. The molecule has 3 atom stereocenters. The first-order valence-corrected chi connectivity index (χ1v) is 8.82. The van der Waals surface area contributed by atoms with Crippen molar-refractivity contribution in [2.24, 2.45) is 5.92 Å². The van der Waals surface area contributed by atoms with Gasteiger partial charge in [-0.3, -0.25) is 14.7 Å². The van der Waals surface area contributed by atoms with Crippen LogP contribution in [-0.2, 0) is 4.74 Å². The summed E-state index contributed by atoms with van der Waals surface area (Å²) in [6.45, 7) is 4.30. The quantitative estimate of drug-likeness (QED) is 0.496. The molecular weight excluding hydrogens is 350 g/mol. The Balaban J connectivity index is 1.62. The van der Waals surface area contributed by atoms with E-state index in [2.05, 4.69) is 28.8 Å². The number of nitrogens with zero attached hydrogens (tertiary/aromatic N) is 5. The van der Waals surface area contributed by atoms with Gasteiger partial charge in [0.2, 0.25) is 0 Å². The Kier molecular flexibility index (Phi) is 4.44. The molecule has 2 aromatic heterocycles. The molecule has 0 amide bonds. The minimum atomic E-state index is -0.458. The van der Waals surface area contributed by atoms with Crippen LogP contribution in [0.25, 0.3) is 11.2 Å². The minimum Gasteiger partial charge on any atom is -0.437 e. The maximum absolute atomic E-state index is 10.8. The number of fused-ring (bicyclic) bond motifs is 1. The third-order valence-electron chi connectivity index (χ3n) is 4.84. The first-order chi connectivity index (χ1) is 13.1. The van der Waals surface area contributed by atoms with Crippen LogP contribution in [0.1, 0.15) is 32.9 Å². The molecule has 0 aliphatic carbocycles.